The lowest BCUT2D eigenvalue weighted by Crippen LogP contribution is -2.54. The molecule has 1 aliphatic heterocycles. The van der Waals surface area contributed by atoms with Crippen LogP contribution in [-0.2, 0) is 11.3 Å². The van der Waals surface area contributed by atoms with Gasteiger partial charge in [0.2, 0.25) is 0 Å². The molecular weight excluding hydrogens is 327 g/mol. The molecule has 1 fully saturated rings. The number of aliphatic hydroxyl groups is 1. The highest BCUT2D eigenvalue weighted by molar-refractivity contribution is 9.10. The summed E-state index contributed by atoms with van der Waals surface area (Å²) in [6.45, 7) is 5.10. The number of hydrogen-bond donors (Lipinski definition) is 2. The number of aliphatic hydroxyl groups excluding tert-OH is 1. The van der Waals surface area contributed by atoms with E-state index in [0.29, 0.717) is 23.2 Å². The Labute approximate surface area is 126 Å². The molecule has 0 aromatic heterocycles. The van der Waals surface area contributed by atoms with E-state index in [-0.39, 0.29) is 25.1 Å². The number of rotatable bonds is 3. The Balaban J connectivity index is 2.33. The number of benzene rings is 1. The van der Waals surface area contributed by atoms with Crippen molar-refractivity contribution in [3.8, 4) is 0 Å². The van der Waals surface area contributed by atoms with Gasteiger partial charge in [-0.25, -0.2) is 4.39 Å². The first-order valence-electron chi connectivity index (χ1n) is 6.58. The number of hydrogen-bond acceptors (Lipinski definition) is 4. The van der Waals surface area contributed by atoms with Crippen LogP contribution in [0.2, 0.25) is 0 Å². The highest BCUT2D eigenvalue weighted by atomic mass is 79.9. The molecule has 1 unspecified atom stereocenters. The highest BCUT2D eigenvalue weighted by Crippen LogP contribution is 2.32. The maximum Gasteiger partial charge on any atom is 0.160 e. The fourth-order valence-electron chi connectivity index (χ4n) is 2.56. The van der Waals surface area contributed by atoms with E-state index in [9.17, 15) is 9.50 Å². The minimum atomic E-state index is -0.433. The fourth-order valence-corrected chi connectivity index (χ4v) is 3.05. The van der Waals surface area contributed by atoms with Gasteiger partial charge in [-0.1, -0.05) is 6.07 Å². The summed E-state index contributed by atoms with van der Waals surface area (Å²) in [6.07, 6.45) is -0.314. The SMILES string of the molecule is CC1(C)CN(c2ccc(CN)c(Br)c2F)CC(CO)O1. The van der Waals surface area contributed by atoms with Crippen LogP contribution >= 0.6 is 15.9 Å². The molecule has 1 heterocycles. The van der Waals surface area contributed by atoms with Crippen molar-refractivity contribution in [3.63, 3.8) is 0 Å². The first-order valence-corrected chi connectivity index (χ1v) is 7.38. The van der Waals surface area contributed by atoms with E-state index in [0.717, 1.165) is 5.56 Å². The first-order chi connectivity index (χ1) is 9.38. The van der Waals surface area contributed by atoms with Crippen LogP contribution in [0.1, 0.15) is 19.4 Å². The summed E-state index contributed by atoms with van der Waals surface area (Å²) < 4.78 is 20.6. The summed E-state index contributed by atoms with van der Waals surface area (Å²) in [5.74, 6) is -0.317. The first kappa shape index (κ1) is 15.7. The zero-order chi connectivity index (χ0) is 14.9. The molecule has 6 heteroatoms. The van der Waals surface area contributed by atoms with Crippen molar-refractivity contribution in [2.75, 3.05) is 24.6 Å². The molecule has 2 rings (SSSR count). The van der Waals surface area contributed by atoms with Crippen molar-refractivity contribution in [1.29, 1.82) is 0 Å². The Morgan fingerprint density at radius 3 is 2.85 bits per heavy atom. The molecule has 1 aliphatic rings. The fraction of sp³-hybridized carbons (Fsp3) is 0.571. The van der Waals surface area contributed by atoms with Crippen molar-refractivity contribution in [2.24, 2.45) is 5.73 Å². The summed E-state index contributed by atoms with van der Waals surface area (Å²) in [4.78, 5) is 1.91. The van der Waals surface area contributed by atoms with Crippen molar-refractivity contribution in [3.05, 3.63) is 28.0 Å². The van der Waals surface area contributed by atoms with Crippen molar-refractivity contribution < 1.29 is 14.2 Å². The van der Waals surface area contributed by atoms with Crippen LogP contribution in [0.15, 0.2) is 16.6 Å². The van der Waals surface area contributed by atoms with Gasteiger partial charge in [0, 0.05) is 19.6 Å². The summed E-state index contributed by atoms with van der Waals surface area (Å²) >= 11 is 3.26. The van der Waals surface area contributed by atoms with Gasteiger partial charge >= 0.3 is 0 Å². The van der Waals surface area contributed by atoms with Crippen LogP contribution in [0.5, 0.6) is 0 Å². The number of nitrogens with two attached hydrogens (primary N) is 1. The third-order valence-electron chi connectivity index (χ3n) is 3.39. The van der Waals surface area contributed by atoms with Crippen LogP contribution in [0, 0.1) is 5.82 Å². The molecule has 20 heavy (non-hydrogen) atoms. The number of morpholine rings is 1. The van der Waals surface area contributed by atoms with E-state index in [1.807, 2.05) is 24.8 Å². The van der Waals surface area contributed by atoms with E-state index in [4.69, 9.17) is 10.5 Å². The number of ether oxygens (including phenoxy) is 1. The molecule has 0 aliphatic carbocycles. The van der Waals surface area contributed by atoms with E-state index in [1.54, 1.807) is 6.07 Å². The Morgan fingerprint density at radius 1 is 1.55 bits per heavy atom. The average Bonchev–Trinajstić information content (AvgIpc) is 2.39. The van der Waals surface area contributed by atoms with E-state index in [2.05, 4.69) is 15.9 Å². The molecule has 4 nitrogen and oxygen atoms in total. The van der Waals surface area contributed by atoms with Gasteiger partial charge in [-0.2, -0.15) is 0 Å². The van der Waals surface area contributed by atoms with Gasteiger partial charge in [-0.05, 0) is 41.4 Å². The van der Waals surface area contributed by atoms with Crippen LogP contribution < -0.4 is 10.6 Å². The van der Waals surface area contributed by atoms with Gasteiger partial charge in [-0.15, -0.1) is 0 Å². The molecule has 0 amide bonds. The predicted octanol–water partition coefficient (Wildman–Crippen LogP) is 2.02. The summed E-state index contributed by atoms with van der Waals surface area (Å²) in [7, 11) is 0. The molecule has 3 N–H and O–H groups in total. The Hall–Kier alpha value is -0.690. The van der Waals surface area contributed by atoms with Gasteiger partial charge in [0.05, 0.1) is 28.5 Å². The largest absolute Gasteiger partial charge is 0.394 e. The van der Waals surface area contributed by atoms with Gasteiger partial charge in [0.15, 0.2) is 5.82 Å². The second-order valence-corrected chi connectivity index (χ2v) is 6.43. The minimum Gasteiger partial charge on any atom is -0.394 e. The van der Waals surface area contributed by atoms with E-state index in [1.165, 1.54) is 0 Å². The Bertz CT molecular complexity index is 496. The number of nitrogens with zero attached hydrogens (tertiary/aromatic N) is 1. The lowest BCUT2D eigenvalue weighted by Gasteiger charge is -2.43. The average molecular weight is 347 g/mol. The smallest absolute Gasteiger partial charge is 0.160 e. The Kier molecular flexibility index (Phi) is 4.69. The monoisotopic (exact) mass is 346 g/mol. The van der Waals surface area contributed by atoms with Gasteiger partial charge in [0.1, 0.15) is 0 Å². The molecular formula is C14H20BrFN2O2. The van der Waals surface area contributed by atoms with Crippen LogP contribution in [0.3, 0.4) is 0 Å². The molecule has 1 saturated heterocycles. The molecule has 1 aromatic carbocycles. The molecule has 112 valence electrons. The van der Waals surface area contributed by atoms with Gasteiger partial charge < -0.3 is 20.5 Å². The number of anilines is 1. The minimum absolute atomic E-state index is 0.0798. The quantitative estimate of drug-likeness (QED) is 0.879. The predicted molar refractivity (Wildman–Crippen MR) is 80.2 cm³/mol. The molecule has 0 spiro atoms. The standard InChI is InChI=1S/C14H20BrFN2O2/c1-14(2)8-18(6-10(7-19)20-14)11-4-3-9(5-17)12(15)13(11)16/h3-4,10,19H,5-8,17H2,1-2H3. The zero-order valence-electron chi connectivity index (χ0n) is 11.7. The lowest BCUT2D eigenvalue weighted by atomic mass is 10.0. The summed E-state index contributed by atoms with van der Waals surface area (Å²) in [5.41, 5.74) is 6.38. The summed E-state index contributed by atoms with van der Waals surface area (Å²) in [6, 6.07) is 3.55. The van der Waals surface area contributed by atoms with Gasteiger partial charge in [0.25, 0.3) is 0 Å². The molecule has 0 bridgehead atoms. The second kappa shape index (κ2) is 5.97. The van der Waals surface area contributed by atoms with E-state index >= 15 is 0 Å². The normalized spacial score (nSPS) is 22.1. The maximum absolute atomic E-state index is 14.5. The molecule has 0 saturated carbocycles. The molecule has 1 aromatic rings. The highest BCUT2D eigenvalue weighted by Gasteiger charge is 2.34. The topological polar surface area (TPSA) is 58.7 Å². The Morgan fingerprint density at radius 2 is 2.25 bits per heavy atom. The third kappa shape index (κ3) is 3.14. The molecule has 1 atom stereocenters. The van der Waals surface area contributed by atoms with Crippen molar-refractivity contribution in [1.82, 2.24) is 0 Å². The lowest BCUT2D eigenvalue weighted by molar-refractivity contribution is -0.101. The second-order valence-electron chi connectivity index (χ2n) is 5.64. The van der Waals surface area contributed by atoms with E-state index < -0.39 is 5.60 Å². The van der Waals surface area contributed by atoms with Crippen molar-refractivity contribution in [2.45, 2.75) is 32.1 Å². The van der Waals surface area contributed by atoms with Crippen molar-refractivity contribution >= 4 is 21.6 Å². The van der Waals surface area contributed by atoms with Crippen LogP contribution in [0.25, 0.3) is 0 Å². The maximum atomic E-state index is 14.5. The zero-order valence-corrected chi connectivity index (χ0v) is 13.3. The summed E-state index contributed by atoms with van der Waals surface area (Å²) in [5, 5.41) is 9.32. The van der Waals surface area contributed by atoms with Crippen LogP contribution in [0.4, 0.5) is 10.1 Å². The third-order valence-corrected chi connectivity index (χ3v) is 4.24. The van der Waals surface area contributed by atoms with Crippen LogP contribution in [-0.4, -0.2) is 36.5 Å². The van der Waals surface area contributed by atoms with Gasteiger partial charge in [-0.3, -0.25) is 0 Å². The molecule has 0 radical (unpaired) electrons. The number of halogens is 2.